The number of nitrogens with zero attached hydrogens (tertiary/aromatic N) is 3. The van der Waals surface area contributed by atoms with E-state index in [0.717, 1.165) is 23.5 Å². The highest BCUT2D eigenvalue weighted by atomic mass is 79.9. The maximum atomic E-state index is 12.4. The number of thioether (sulfide) groups is 1. The Labute approximate surface area is 190 Å². The van der Waals surface area contributed by atoms with Crippen LogP contribution in [0.1, 0.15) is 19.4 Å². The number of rotatable bonds is 9. The first-order valence-electron chi connectivity index (χ1n) is 8.42. The lowest BCUT2D eigenvalue weighted by Gasteiger charge is -2.13. The first-order chi connectivity index (χ1) is 14.2. The molecule has 1 aromatic carbocycles. The number of hydrogen-bond acceptors (Lipinski definition) is 10. The van der Waals surface area contributed by atoms with Crippen LogP contribution in [0.3, 0.4) is 0 Å². The minimum atomic E-state index is -3.79. The van der Waals surface area contributed by atoms with Crippen molar-refractivity contribution in [2.24, 2.45) is 0 Å². The van der Waals surface area contributed by atoms with Crippen molar-refractivity contribution in [3.63, 3.8) is 0 Å². The van der Waals surface area contributed by atoms with Crippen LogP contribution >= 0.6 is 39.2 Å². The molecule has 0 spiro atoms. The Bertz CT molecular complexity index is 1110. The van der Waals surface area contributed by atoms with E-state index in [1.54, 1.807) is 6.92 Å². The molecule has 0 bridgehead atoms. The number of carbonyl (C=O) groups is 1. The highest BCUT2D eigenvalue weighted by molar-refractivity contribution is 9.10. The standard InChI is InChI=1S/C17H17BrN4O5S3/c1-4-26-13-8-10(7-12(18)14(13)27-30(3,24)25)6-11(9-19)15(23)20-16-21-17(22-29-16)28-5-2/h6-8H,4-5H2,1-3H3,(H,20,21,22,23)/b11-6-. The number of aromatic nitrogens is 2. The van der Waals surface area contributed by atoms with Crippen molar-refractivity contribution in [2.45, 2.75) is 19.0 Å². The van der Waals surface area contributed by atoms with Crippen molar-refractivity contribution in [3.05, 3.63) is 27.7 Å². The molecule has 0 unspecified atom stereocenters. The molecule has 0 aliphatic heterocycles. The van der Waals surface area contributed by atoms with Crippen LogP contribution in [0.4, 0.5) is 5.13 Å². The Kier molecular flexibility index (Phi) is 8.65. The average Bonchev–Trinajstić information content (AvgIpc) is 3.09. The molecule has 1 heterocycles. The lowest BCUT2D eigenvalue weighted by molar-refractivity contribution is -0.112. The molecule has 9 nitrogen and oxygen atoms in total. The summed E-state index contributed by atoms with van der Waals surface area (Å²) in [5, 5.41) is 12.8. The van der Waals surface area contributed by atoms with Gasteiger partial charge in [0.1, 0.15) is 11.6 Å². The molecule has 0 fully saturated rings. The first kappa shape index (κ1) is 24.1. The number of hydrogen-bond donors (Lipinski definition) is 1. The summed E-state index contributed by atoms with van der Waals surface area (Å²) >= 11 is 5.70. The molecule has 0 aliphatic carbocycles. The molecule has 2 rings (SSSR count). The van der Waals surface area contributed by atoms with Crippen LogP contribution in [0.25, 0.3) is 6.08 Å². The second-order valence-corrected chi connectivity index (χ2v) is 9.90. The van der Waals surface area contributed by atoms with Gasteiger partial charge >= 0.3 is 10.1 Å². The van der Waals surface area contributed by atoms with Gasteiger partial charge in [-0.15, -0.1) is 0 Å². The molecule has 160 valence electrons. The lowest BCUT2D eigenvalue weighted by atomic mass is 10.1. The maximum Gasteiger partial charge on any atom is 0.306 e. The number of benzene rings is 1. The van der Waals surface area contributed by atoms with Gasteiger partial charge < -0.3 is 8.92 Å². The predicted octanol–water partition coefficient (Wildman–Crippen LogP) is 3.70. The fourth-order valence-corrected chi connectivity index (χ4v) is 4.48. The summed E-state index contributed by atoms with van der Waals surface area (Å²) in [7, 11) is -3.79. The van der Waals surface area contributed by atoms with E-state index < -0.39 is 16.0 Å². The van der Waals surface area contributed by atoms with Crippen molar-refractivity contribution >= 4 is 66.5 Å². The minimum absolute atomic E-state index is 0.0192. The van der Waals surface area contributed by atoms with E-state index in [0.29, 0.717) is 10.7 Å². The van der Waals surface area contributed by atoms with Crippen LogP contribution in [0.2, 0.25) is 0 Å². The number of ether oxygens (including phenoxy) is 1. The second kappa shape index (κ2) is 10.8. The Balaban J connectivity index is 2.33. The van der Waals surface area contributed by atoms with Crippen LogP contribution in [0, 0.1) is 11.3 Å². The van der Waals surface area contributed by atoms with Gasteiger partial charge in [-0.1, -0.05) is 18.7 Å². The van der Waals surface area contributed by atoms with Crippen LogP contribution < -0.4 is 14.2 Å². The Morgan fingerprint density at radius 1 is 1.43 bits per heavy atom. The van der Waals surface area contributed by atoms with Gasteiger partial charge in [-0.2, -0.15) is 23.0 Å². The topological polar surface area (TPSA) is 131 Å². The van der Waals surface area contributed by atoms with Gasteiger partial charge in [-0.05, 0) is 52.4 Å². The molecule has 0 radical (unpaired) electrons. The van der Waals surface area contributed by atoms with Gasteiger partial charge in [-0.25, -0.2) is 0 Å². The van der Waals surface area contributed by atoms with E-state index in [4.69, 9.17) is 8.92 Å². The Morgan fingerprint density at radius 3 is 2.77 bits per heavy atom. The van der Waals surface area contributed by atoms with E-state index in [1.807, 2.05) is 13.0 Å². The normalized spacial score (nSPS) is 11.6. The minimum Gasteiger partial charge on any atom is -0.490 e. The van der Waals surface area contributed by atoms with Crippen LogP contribution in [-0.4, -0.2) is 42.3 Å². The first-order valence-corrected chi connectivity index (χ1v) is 12.8. The van der Waals surface area contributed by atoms with Crippen molar-refractivity contribution in [3.8, 4) is 17.6 Å². The summed E-state index contributed by atoms with van der Waals surface area (Å²) in [5.41, 5.74) is 0.249. The van der Waals surface area contributed by atoms with Gasteiger partial charge in [0.15, 0.2) is 11.5 Å². The van der Waals surface area contributed by atoms with Gasteiger partial charge in [0.05, 0.1) is 17.3 Å². The summed E-state index contributed by atoms with van der Waals surface area (Å²) in [4.78, 5) is 16.6. The molecule has 0 saturated carbocycles. The maximum absolute atomic E-state index is 12.4. The van der Waals surface area contributed by atoms with Crippen molar-refractivity contribution in [1.82, 2.24) is 9.36 Å². The molecular formula is C17H17BrN4O5S3. The second-order valence-electron chi connectivity index (χ2n) is 5.49. The zero-order chi connectivity index (χ0) is 22.3. The zero-order valence-corrected chi connectivity index (χ0v) is 20.2. The van der Waals surface area contributed by atoms with Gasteiger partial charge in [-0.3, -0.25) is 10.1 Å². The lowest BCUT2D eigenvalue weighted by Crippen LogP contribution is -2.13. The van der Waals surface area contributed by atoms with Crippen molar-refractivity contribution in [2.75, 3.05) is 23.9 Å². The Morgan fingerprint density at radius 2 is 2.17 bits per heavy atom. The monoisotopic (exact) mass is 532 g/mol. The molecule has 0 aliphatic rings. The highest BCUT2D eigenvalue weighted by Gasteiger charge is 2.18. The fourth-order valence-electron chi connectivity index (χ4n) is 2.09. The number of nitrogens with one attached hydrogen (secondary N) is 1. The summed E-state index contributed by atoms with van der Waals surface area (Å²) in [5.74, 6) is 0.275. The molecule has 0 saturated heterocycles. The van der Waals surface area contributed by atoms with E-state index in [2.05, 4.69) is 30.6 Å². The van der Waals surface area contributed by atoms with Crippen LogP contribution in [0.15, 0.2) is 27.3 Å². The van der Waals surface area contributed by atoms with Gasteiger partial charge in [0.25, 0.3) is 5.91 Å². The third-order valence-corrected chi connectivity index (χ3v) is 5.68. The molecule has 0 atom stereocenters. The van der Waals surface area contributed by atoms with E-state index in [9.17, 15) is 18.5 Å². The number of amides is 1. The third-order valence-electron chi connectivity index (χ3n) is 3.14. The smallest absolute Gasteiger partial charge is 0.306 e. The van der Waals surface area contributed by atoms with Crippen LogP contribution in [0.5, 0.6) is 11.5 Å². The van der Waals surface area contributed by atoms with Gasteiger partial charge in [0, 0.05) is 11.5 Å². The molecule has 13 heteroatoms. The quantitative estimate of drug-likeness (QED) is 0.222. The summed E-state index contributed by atoms with van der Waals surface area (Å²) in [6, 6.07) is 4.82. The number of nitriles is 1. The molecule has 1 amide bonds. The summed E-state index contributed by atoms with van der Waals surface area (Å²) < 4.78 is 37.8. The van der Waals surface area contributed by atoms with E-state index >= 15 is 0 Å². The van der Waals surface area contributed by atoms with Gasteiger partial charge in [0.2, 0.25) is 10.3 Å². The SMILES string of the molecule is CCOc1cc(/C=C(/C#N)C(=O)Nc2nc(SCC)ns2)cc(Br)c1OS(C)(=O)=O. The number of carbonyl (C=O) groups excluding carboxylic acids is 1. The van der Waals surface area contributed by atoms with Crippen molar-refractivity contribution < 1.29 is 22.1 Å². The number of halogens is 1. The zero-order valence-electron chi connectivity index (χ0n) is 16.1. The number of anilines is 1. The highest BCUT2D eigenvalue weighted by Crippen LogP contribution is 2.38. The van der Waals surface area contributed by atoms with Crippen molar-refractivity contribution in [1.29, 1.82) is 5.26 Å². The largest absolute Gasteiger partial charge is 0.490 e. The molecule has 1 N–H and O–H groups in total. The Hall–Kier alpha value is -2.14. The van der Waals surface area contributed by atoms with E-state index in [1.165, 1.54) is 30.0 Å². The molecule has 30 heavy (non-hydrogen) atoms. The van der Waals surface area contributed by atoms with E-state index in [-0.39, 0.29) is 33.3 Å². The molecular weight excluding hydrogens is 516 g/mol. The predicted molar refractivity (Wildman–Crippen MR) is 119 cm³/mol. The molecule has 2 aromatic rings. The molecule has 1 aromatic heterocycles. The fraction of sp³-hybridized carbons (Fsp3) is 0.294. The third kappa shape index (κ3) is 6.98. The summed E-state index contributed by atoms with van der Waals surface area (Å²) in [6.45, 7) is 3.93. The average molecular weight is 533 g/mol. The van der Waals surface area contributed by atoms with Crippen LogP contribution in [-0.2, 0) is 14.9 Å². The summed E-state index contributed by atoms with van der Waals surface area (Å²) in [6.07, 6.45) is 2.26.